The molecule has 1 aromatic heterocycles. The summed E-state index contributed by atoms with van der Waals surface area (Å²) < 4.78 is 0. The van der Waals surface area contributed by atoms with Crippen molar-refractivity contribution in [2.45, 2.75) is 71.1 Å². The Kier molecular flexibility index (Phi) is 7.14. The molecule has 7 heteroatoms. The maximum atomic E-state index is 12.7. The maximum Gasteiger partial charge on any atom is 0.226 e. The van der Waals surface area contributed by atoms with Gasteiger partial charge in [0.05, 0.1) is 5.56 Å². The van der Waals surface area contributed by atoms with Gasteiger partial charge in [0.15, 0.2) is 5.13 Å². The van der Waals surface area contributed by atoms with Gasteiger partial charge in [0.25, 0.3) is 0 Å². The van der Waals surface area contributed by atoms with Crippen LogP contribution in [0.15, 0.2) is 18.3 Å². The number of carbonyl (C=O) groups is 2. The van der Waals surface area contributed by atoms with E-state index in [1.165, 1.54) is 11.3 Å². The van der Waals surface area contributed by atoms with Crippen LogP contribution in [0.25, 0.3) is 0 Å². The molecule has 0 aliphatic heterocycles. The van der Waals surface area contributed by atoms with Crippen molar-refractivity contribution in [2.75, 3.05) is 5.32 Å². The van der Waals surface area contributed by atoms with E-state index in [9.17, 15) is 20.0 Å². The highest BCUT2D eigenvalue weighted by Crippen LogP contribution is 2.48. The number of phenolic OH excluding ortho intramolecular Hbond substituents is 1. The fourth-order valence-electron chi connectivity index (χ4n) is 5.78. The first kappa shape index (κ1) is 23.4. The van der Waals surface area contributed by atoms with Crippen LogP contribution in [0.1, 0.15) is 79.4 Å². The van der Waals surface area contributed by atoms with Gasteiger partial charge in [-0.15, -0.1) is 11.3 Å². The molecule has 1 aromatic carbocycles. The second-order valence-corrected chi connectivity index (χ2v) is 10.8. The zero-order valence-corrected chi connectivity index (χ0v) is 20.1. The smallest absolute Gasteiger partial charge is 0.226 e. The van der Waals surface area contributed by atoms with E-state index < -0.39 is 0 Å². The van der Waals surface area contributed by atoms with Crippen molar-refractivity contribution in [1.82, 2.24) is 4.98 Å². The highest BCUT2D eigenvalue weighted by molar-refractivity contribution is 7.15. The van der Waals surface area contributed by atoms with Gasteiger partial charge in [-0.05, 0) is 86.0 Å². The Hall–Kier alpha value is -2.72. The molecule has 4 atom stereocenters. The van der Waals surface area contributed by atoms with Crippen LogP contribution in [-0.2, 0) is 16.0 Å². The lowest BCUT2D eigenvalue weighted by Crippen LogP contribution is -2.31. The fourth-order valence-corrected chi connectivity index (χ4v) is 6.46. The van der Waals surface area contributed by atoms with Gasteiger partial charge in [-0.2, -0.15) is 5.26 Å². The van der Waals surface area contributed by atoms with Crippen LogP contribution in [-0.4, -0.2) is 21.8 Å². The Morgan fingerprint density at radius 2 is 2.15 bits per heavy atom. The van der Waals surface area contributed by atoms with Crippen LogP contribution in [0, 0.1) is 36.0 Å². The molecular weight excluding hydrogens is 434 g/mol. The zero-order chi connectivity index (χ0) is 23.5. The van der Waals surface area contributed by atoms with Gasteiger partial charge < -0.3 is 10.4 Å². The summed E-state index contributed by atoms with van der Waals surface area (Å²) in [7, 11) is 0. The molecule has 1 saturated carbocycles. The van der Waals surface area contributed by atoms with E-state index in [0.29, 0.717) is 48.2 Å². The molecule has 2 N–H and O–H groups in total. The summed E-state index contributed by atoms with van der Waals surface area (Å²) in [5.74, 6) is 1.40. The Bertz CT molecular complexity index is 1090. The lowest BCUT2D eigenvalue weighted by Gasteiger charge is -2.40. The number of phenols is 1. The largest absolute Gasteiger partial charge is 0.507 e. The molecule has 4 unspecified atom stereocenters. The number of nitrogens with one attached hydrogen (secondary N) is 1. The fraction of sp³-hybridized carbons (Fsp3) is 0.538. The van der Waals surface area contributed by atoms with Crippen molar-refractivity contribution < 1.29 is 14.7 Å². The molecule has 174 valence electrons. The summed E-state index contributed by atoms with van der Waals surface area (Å²) in [5.41, 5.74) is 2.61. The third kappa shape index (κ3) is 5.27. The monoisotopic (exact) mass is 465 g/mol. The van der Waals surface area contributed by atoms with Crippen molar-refractivity contribution in [2.24, 2.45) is 17.8 Å². The number of thiazole rings is 1. The summed E-state index contributed by atoms with van der Waals surface area (Å²) >= 11 is 1.46. The number of ketones is 1. The number of rotatable bonds is 4. The quantitative estimate of drug-likeness (QED) is 0.621. The molecule has 2 aromatic rings. The Balaban J connectivity index is 1.52. The van der Waals surface area contributed by atoms with Crippen LogP contribution in [0.5, 0.6) is 5.75 Å². The number of aromatic nitrogens is 1. The van der Waals surface area contributed by atoms with E-state index in [4.69, 9.17) is 0 Å². The van der Waals surface area contributed by atoms with Crippen LogP contribution in [0.2, 0.25) is 0 Å². The first-order valence-corrected chi connectivity index (χ1v) is 12.7. The van der Waals surface area contributed by atoms with Crippen LogP contribution < -0.4 is 5.32 Å². The van der Waals surface area contributed by atoms with Gasteiger partial charge in [0.1, 0.15) is 17.6 Å². The van der Waals surface area contributed by atoms with Gasteiger partial charge in [0, 0.05) is 30.3 Å². The molecule has 6 nitrogen and oxygen atoms in total. The summed E-state index contributed by atoms with van der Waals surface area (Å²) in [6.07, 6.45) is 7.52. The Morgan fingerprint density at radius 1 is 1.33 bits per heavy atom. The van der Waals surface area contributed by atoms with Gasteiger partial charge in [0.2, 0.25) is 5.91 Å². The number of hydrogen-bond acceptors (Lipinski definition) is 6. The predicted octanol–water partition coefficient (Wildman–Crippen LogP) is 5.49. The number of aryl methyl sites for hydroxylation is 2. The SMILES string of the molecule is Cc1cnc(NC(=O)CCC2CC(=O)CCCC3c4cc(C#N)c(O)cc4CCC3C2C)s1. The number of hydrogen-bond donors (Lipinski definition) is 2. The number of carbonyl (C=O) groups excluding carboxylic acids is 2. The minimum Gasteiger partial charge on any atom is -0.507 e. The van der Waals surface area contributed by atoms with Gasteiger partial charge in [-0.25, -0.2) is 4.98 Å². The third-order valence-corrected chi connectivity index (χ3v) is 8.36. The number of Topliss-reactive ketones (excluding diaryl/α,β-unsaturated/α-hetero) is 1. The third-order valence-electron chi connectivity index (χ3n) is 7.53. The Labute approximate surface area is 199 Å². The summed E-state index contributed by atoms with van der Waals surface area (Å²) in [4.78, 5) is 30.5. The maximum absolute atomic E-state index is 12.7. The lowest BCUT2D eigenvalue weighted by molar-refractivity contribution is -0.121. The molecule has 0 radical (unpaired) electrons. The normalized spacial score (nSPS) is 25.1. The van der Waals surface area contributed by atoms with Crippen molar-refractivity contribution >= 4 is 28.2 Å². The molecule has 2 aliphatic rings. The van der Waals surface area contributed by atoms with Crippen molar-refractivity contribution in [1.29, 1.82) is 5.26 Å². The lowest BCUT2D eigenvalue weighted by atomic mass is 9.65. The molecule has 0 spiro atoms. The molecule has 1 fully saturated rings. The van der Waals surface area contributed by atoms with Gasteiger partial charge in [-0.1, -0.05) is 6.92 Å². The first-order valence-electron chi connectivity index (χ1n) is 11.9. The molecule has 0 bridgehead atoms. The minimum absolute atomic E-state index is 0.0523. The second kappa shape index (κ2) is 10.0. The minimum atomic E-state index is -0.0523. The predicted molar refractivity (Wildman–Crippen MR) is 128 cm³/mol. The zero-order valence-electron chi connectivity index (χ0n) is 19.3. The summed E-state index contributed by atoms with van der Waals surface area (Å²) in [6.45, 7) is 4.19. The highest BCUT2D eigenvalue weighted by atomic mass is 32.1. The molecular formula is C26H31N3O3S. The van der Waals surface area contributed by atoms with Crippen molar-refractivity contribution in [3.05, 3.63) is 39.9 Å². The number of benzene rings is 1. The van der Waals surface area contributed by atoms with E-state index in [-0.39, 0.29) is 29.3 Å². The number of fused-ring (bicyclic) bond motifs is 3. The van der Waals surface area contributed by atoms with Crippen LogP contribution >= 0.6 is 11.3 Å². The molecule has 4 rings (SSSR count). The number of nitriles is 1. The van der Waals surface area contributed by atoms with Crippen molar-refractivity contribution in [3.8, 4) is 11.8 Å². The van der Waals surface area contributed by atoms with E-state index in [0.717, 1.165) is 41.7 Å². The van der Waals surface area contributed by atoms with E-state index in [1.807, 2.05) is 13.0 Å². The number of anilines is 1. The molecule has 2 aliphatic carbocycles. The topological polar surface area (TPSA) is 103 Å². The number of nitrogens with zero attached hydrogens (tertiary/aromatic N) is 2. The number of aromatic hydroxyl groups is 1. The summed E-state index contributed by atoms with van der Waals surface area (Å²) in [6, 6.07) is 5.74. The standard InChI is InChI=1S/C26H31N3O3S/c1-15-14-28-26(33-15)29-25(32)9-7-17-10-20(30)4-3-5-22-21(16(17)2)8-6-18-12-24(31)19(13-27)11-23(18)22/h11-12,14,16-17,21-22,31H,3-10H2,1-2H3,(H,28,29,32). The van der Waals surface area contributed by atoms with Gasteiger partial charge >= 0.3 is 0 Å². The molecule has 0 saturated heterocycles. The van der Waals surface area contributed by atoms with Crippen LogP contribution in [0.4, 0.5) is 5.13 Å². The highest BCUT2D eigenvalue weighted by Gasteiger charge is 2.38. The van der Waals surface area contributed by atoms with E-state index in [2.05, 4.69) is 23.3 Å². The van der Waals surface area contributed by atoms with E-state index in [1.54, 1.807) is 12.3 Å². The van der Waals surface area contributed by atoms with Gasteiger partial charge in [-0.3, -0.25) is 9.59 Å². The van der Waals surface area contributed by atoms with Crippen LogP contribution in [0.3, 0.4) is 0 Å². The van der Waals surface area contributed by atoms with Crippen molar-refractivity contribution in [3.63, 3.8) is 0 Å². The molecule has 1 amide bonds. The second-order valence-electron chi connectivity index (χ2n) is 9.61. The molecule has 1 heterocycles. The average Bonchev–Trinajstić information content (AvgIpc) is 3.21. The Morgan fingerprint density at radius 3 is 2.88 bits per heavy atom. The summed E-state index contributed by atoms with van der Waals surface area (Å²) in [5, 5.41) is 23.1. The number of amides is 1. The average molecular weight is 466 g/mol. The first-order chi connectivity index (χ1) is 15.9. The van der Waals surface area contributed by atoms with E-state index >= 15 is 0 Å². The molecule has 33 heavy (non-hydrogen) atoms.